The second-order valence-electron chi connectivity index (χ2n) is 4.08. The zero-order chi connectivity index (χ0) is 14.4. The van der Waals surface area contributed by atoms with Crippen molar-refractivity contribution in [2.45, 2.75) is 19.9 Å². The highest BCUT2D eigenvalue weighted by Crippen LogP contribution is 2.16. The molecule has 3 N–H and O–H groups in total. The van der Waals surface area contributed by atoms with Crippen molar-refractivity contribution in [2.24, 2.45) is 0 Å². The van der Waals surface area contributed by atoms with Crippen LogP contribution in [0.4, 0.5) is 5.69 Å². The minimum absolute atomic E-state index is 0.116. The summed E-state index contributed by atoms with van der Waals surface area (Å²) in [6.45, 7) is 2.69. The summed E-state index contributed by atoms with van der Waals surface area (Å²) in [4.78, 5) is 33.5. The van der Waals surface area contributed by atoms with Gasteiger partial charge >= 0.3 is 5.97 Å². The Labute approximate surface area is 110 Å². The van der Waals surface area contributed by atoms with E-state index in [1.165, 1.54) is 13.8 Å². The quantitative estimate of drug-likeness (QED) is 0.663. The number of nitrogens with one attached hydrogen (secondary N) is 2. The minimum Gasteiger partial charge on any atom is -0.480 e. The fraction of sp³-hybridized carbons (Fsp3) is 0.308. The number of carbonyl (C=O) groups excluding carboxylic acids is 2. The average Bonchev–Trinajstić information content (AvgIpc) is 2.36. The third-order valence-corrected chi connectivity index (χ3v) is 2.47. The maximum Gasteiger partial charge on any atom is 0.325 e. The van der Waals surface area contributed by atoms with Gasteiger partial charge in [0, 0.05) is 18.2 Å². The van der Waals surface area contributed by atoms with E-state index in [4.69, 9.17) is 5.11 Å². The zero-order valence-corrected chi connectivity index (χ0v) is 10.8. The fourth-order valence-corrected chi connectivity index (χ4v) is 1.45. The lowest BCUT2D eigenvalue weighted by Crippen LogP contribution is -2.29. The molecule has 0 radical (unpaired) electrons. The van der Waals surface area contributed by atoms with Crippen LogP contribution in [0.2, 0.25) is 0 Å². The predicted molar refractivity (Wildman–Crippen MR) is 70.2 cm³/mol. The van der Waals surface area contributed by atoms with Crippen LogP contribution >= 0.6 is 0 Å². The number of carboxylic acid groups (broad SMARTS) is 1. The van der Waals surface area contributed by atoms with Crippen molar-refractivity contribution in [1.82, 2.24) is 5.32 Å². The third-order valence-electron chi connectivity index (χ3n) is 2.47. The van der Waals surface area contributed by atoms with Crippen LogP contribution in [0, 0.1) is 0 Å². The van der Waals surface area contributed by atoms with Crippen molar-refractivity contribution in [1.29, 1.82) is 0 Å². The second kappa shape index (κ2) is 6.53. The number of para-hydroxylation sites is 1. The molecule has 1 atom stereocenters. The number of amides is 1. The summed E-state index contributed by atoms with van der Waals surface area (Å²) in [5, 5.41) is 14.0. The Morgan fingerprint density at radius 2 is 1.89 bits per heavy atom. The minimum atomic E-state index is -1.01. The van der Waals surface area contributed by atoms with E-state index < -0.39 is 12.0 Å². The molecule has 0 bridgehead atoms. The molecule has 6 nitrogen and oxygen atoms in total. The van der Waals surface area contributed by atoms with Gasteiger partial charge < -0.3 is 15.7 Å². The number of hydrogen-bond acceptors (Lipinski definition) is 4. The van der Waals surface area contributed by atoms with Crippen LogP contribution in [0.15, 0.2) is 24.3 Å². The van der Waals surface area contributed by atoms with E-state index in [1.54, 1.807) is 24.3 Å². The molecule has 1 aromatic rings. The van der Waals surface area contributed by atoms with Gasteiger partial charge in [0.25, 0.3) is 0 Å². The Balaban J connectivity index is 2.86. The van der Waals surface area contributed by atoms with Gasteiger partial charge in [0.2, 0.25) is 5.91 Å². The van der Waals surface area contributed by atoms with Gasteiger partial charge in [-0.2, -0.15) is 0 Å². The van der Waals surface area contributed by atoms with Crippen molar-refractivity contribution >= 4 is 23.3 Å². The number of ketones is 1. The summed E-state index contributed by atoms with van der Waals surface area (Å²) in [6.07, 6.45) is 0. The molecule has 1 amide bonds. The van der Waals surface area contributed by atoms with Gasteiger partial charge in [0.05, 0.1) is 6.54 Å². The Bertz CT molecular complexity index is 499. The summed E-state index contributed by atoms with van der Waals surface area (Å²) in [5.74, 6) is -1.59. The second-order valence-corrected chi connectivity index (χ2v) is 4.08. The molecule has 0 aromatic heterocycles. The first kappa shape index (κ1) is 14.7. The monoisotopic (exact) mass is 264 g/mol. The zero-order valence-electron chi connectivity index (χ0n) is 10.8. The Hall–Kier alpha value is -2.37. The van der Waals surface area contributed by atoms with Crippen LogP contribution in [0.1, 0.15) is 24.2 Å². The van der Waals surface area contributed by atoms with Crippen LogP contribution in [0.25, 0.3) is 0 Å². The first-order valence-corrected chi connectivity index (χ1v) is 5.78. The number of carbonyl (C=O) groups is 3. The lowest BCUT2D eigenvalue weighted by atomic mass is 10.1. The number of hydrogen-bond donors (Lipinski definition) is 3. The van der Waals surface area contributed by atoms with Gasteiger partial charge in [-0.1, -0.05) is 12.1 Å². The highest BCUT2D eigenvalue weighted by molar-refractivity contribution is 6.04. The molecule has 0 aliphatic carbocycles. The Morgan fingerprint density at radius 1 is 1.26 bits per heavy atom. The summed E-state index contributed by atoms with van der Waals surface area (Å²) < 4.78 is 0. The molecule has 0 aliphatic heterocycles. The van der Waals surface area contributed by atoms with Gasteiger partial charge in [-0.15, -0.1) is 0 Å². The Morgan fingerprint density at radius 3 is 2.47 bits per heavy atom. The van der Waals surface area contributed by atoms with Crippen molar-refractivity contribution < 1.29 is 19.5 Å². The van der Waals surface area contributed by atoms with Crippen LogP contribution in [0.5, 0.6) is 0 Å². The molecule has 0 spiro atoms. The number of Topliss-reactive ketones (excluding diaryl/α,β-unsaturated/α-hetero) is 1. The maximum atomic E-state index is 11.9. The van der Waals surface area contributed by atoms with E-state index in [1.807, 2.05) is 0 Å². The van der Waals surface area contributed by atoms with E-state index in [0.29, 0.717) is 11.3 Å². The number of aliphatic carboxylic acids is 1. The standard InChI is InChI=1S/C13H16N2O4/c1-8(13(18)19)15-11-6-4-3-5-10(11)12(17)7-14-9(2)16/h3-6,8,15H,7H2,1-2H3,(H,14,16)(H,18,19). The lowest BCUT2D eigenvalue weighted by molar-refractivity contribution is -0.137. The lowest BCUT2D eigenvalue weighted by Gasteiger charge is -2.14. The fourth-order valence-electron chi connectivity index (χ4n) is 1.45. The first-order chi connectivity index (χ1) is 8.91. The molecular formula is C13H16N2O4. The molecule has 1 unspecified atom stereocenters. The van der Waals surface area contributed by atoms with Crippen molar-refractivity contribution in [3.63, 3.8) is 0 Å². The van der Waals surface area contributed by atoms with Gasteiger partial charge in [-0.25, -0.2) is 0 Å². The van der Waals surface area contributed by atoms with E-state index in [-0.39, 0.29) is 18.2 Å². The molecule has 0 fully saturated rings. The van der Waals surface area contributed by atoms with Crippen molar-refractivity contribution in [3.05, 3.63) is 29.8 Å². The number of carboxylic acids is 1. The molecule has 0 aliphatic rings. The number of rotatable bonds is 6. The van der Waals surface area contributed by atoms with E-state index in [9.17, 15) is 14.4 Å². The van der Waals surface area contributed by atoms with Gasteiger partial charge in [0.15, 0.2) is 5.78 Å². The molecular weight excluding hydrogens is 248 g/mol. The van der Waals surface area contributed by atoms with Gasteiger partial charge in [-0.05, 0) is 19.1 Å². The molecule has 6 heteroatoms. The van der Waals surface area contributed by atoms with Crippen LogP contribution < -0.4 is 10.6 Å². The molecule has 0 heterocycles. The van der Waals surface area contributed by atoms with E-state index >= 15 is 0 Å². The van der Waals surface area contributed by atoms with Crippen molar-refractivity contribution in [3.8, 4) is 0 Å². The highest BCUT2D eigenvalue weighted by atomic mass is 16.4. The molecule has 19 heavy (non-hydrogen) atoms. The summed E-state index contributed by atoms with van der Waals surface area (Å²) >= 11 is 0. The molecule has 1 rings (SSSR count). The van der Waals surface area contributed by atoms with Crippen LogP contribution in [-0.4, -0.2) is 35.4 Å². The summed E-state index contributed by atoms with van der Waals surface area (Å²) in [7, 11) is 0. The van der Waals surface area contributed by atoms with Gasteiger partial charge in [-0.3, -0.25) is 14.4 Å². The largest absolute Gasteiger partial charge is 0.480 e. The van der Waals surface area contributed by atoms with Crippen LogP contribution in [0.3, 0.4) is 0 Å². The SMILES string of the molecule is CC(=O)NCC(=O)c1ccccc1NC(C)C(=O)O. The average molecular weight is 264 g/mol. The first-order valence-electron chi connectivity index (χ1n) is 5.78. The third kappa shape index (κ3) is 4.42. The van der Waals surface area contributed by atoms with Crippen molar-refractivity contribution in [2.75, 3.05) is 11.9 Å². The smallest absolute Gasteiger partial charge is 0.325 e. The Kier molecular flexibility index (Phi) is 5.05. The maximum absolute atomic E-state index is 11.9. The van der Waals surface area contributed by atoms with Gasteiger partial charge in [0.1, 0.15) is 6.04 Å². The number of benzene rings is 1. The molecule has 0 saturated carbocycles. The number of anilines is 1. The molecule has 102 valence electrons. The highest BCUT2D eigenvalue weighted by Gasteiger charge is 2.15. The summed E-state index contributed by atoms with van der Waals surface area (Å²) in [5.41, 5.74) is 0.789. The molecule has 0 saturated heterocycles. The van der Waals surface area contributed by atoms with E-state index in [2.05, 4.69) is 10.6 Å². The van der Waals surface area contributed by atoms with E-state index in [0.717, 1.165) is 0 Å². The normalized spacial score (nSPS) is 11.5. The molecule has 1 aromatic carbocycles. The predicted octanol–water partition coefficient (Wildman–Crippen LogP) is 0.890. The summed E-state index contributed by atoms with van der Waals surface area (Å²) in [6, 6.07) is 5.78. The van der Waals surface area contributed by atoms with Crippen LogP contribution in [-0.2, 0) is 9.59 Å². The topological polar surface area (TPSA) is 95.5 Å².